The second kappa shape index (κ2) is 9.30. The Kier molecular flexibility index (Phi) is 6.13. The number of carbonyl (C=O) groups is 1. The fraction of sp³-hybridized carbons (Fsp3) is 0.321. The summed E-state index contributed by atoms with van der Waals surface area (Å²) >= 11 is 0. The number of pyridine rings is 3. The standard InChI is InChI=1S/C28H29N7O2/c1-18-16-34(27(36)28(3,4)37)19(2)15-33(18)26-25-22(21-6-9-30-10-7-21)17-35(23(25)8-12-32-26)24-13-20(14-29)5-11-31-24/h5-13,17-19,37H,15-16H2,1-4H3/t18-,19+/m0/s1. The molecule has 1 N–H and O–H groups in total. The SMILES string of the molecule is C[C@@H]1CN(c2nccc3c2c(-c2ccncc2)cn3-c2cc(C#N)ccn2)[C@@H](C)CN1C(=O)C(C)(C)O. The molecule has 188 valence electrons. The van der Waals surface area contributed by atoms with Crippen LogP contribution in [0.1, 0.15) is 33.3 Å². The maximum absolute atomic E-state index is 12.9. The molecular formula is C28H29N7O2. The summed E-state index contributed by atoms with van der Waals surface area (Å²) in [6.45, 7) is 8.16. The van der Waals surface area contributed by atoms with E-state index in [0.29, 0.717) is 24.5 Å². The van der Waals surface area contributed by atoms with Gasteiger partial charge in [0.15, 0.2) is 0 Å². The first-order valence-electron chi connectivity index (χ1n) is 12.3. The number of carbonyl (C=O) groups excluding carboxylic acids is 1. The molecule has 0 unspecified atom stereocenters. The lowest BCUT2D eigenvalue weighted by Crippen LogP contribution is -2.61. The van der Waals surface area contributed by atoms with Gasteiger partial charge in [-0.2, -0.15) is 5.26 Å². The molecule has 0 aromatic carbocycles. The Hall–Kier alpha value is -4.29. The van der Waals surface area contributed by atoms with Gasteiger partial charge in [0.05, 0.1) is 22.5 Å². The topological polar surface area (TPSA) is 111 Å². The number of hydrogen-bond acceptors (Lipinski definition) is 7. The van der Waals surface area contributed by atoms with Crippen molar-refractivity contribution in [2.24, 2.45) is 0 Å². The van der Waals surface area contributed by atoms with Crippen molar-refractivity contribution in [2.75, 3.05) is 18.0 Å². The second-order valence-electron chi connectivity index (χ2n) is 10.1. The van der Waals surface area contributed by atoms with Gasteiger partial charge in [-0.3, -0.25) is 9.78 Å². The quantitative estimate of drug-likeness (QED) is 0.461. The molecule has 1 saturated heterocycles. The number of amides is 1. The summed E-state index contributed by atoms with van der Waals surface area (Å²) in [5, 5.41) is 20.7. The van der Waals surface area contributed by atoms with Gasteiger partial charge in [0.1, 0.15) is 17.2 Å². The molecule has 1 amide bonds. The number of hydrogen-bond donors (Lipinski definition) is 1. The predicted molar refractivity (Wildman–Crippen MR) is 141 cm³/mol. The van der Waals surface area contributed by atoms with Crippen molar-refractivity contribution in [3.63, 3.8) is 0 Å². The zero-order valence-electron chi connectivity index (χ0n) is 21.3. The molecular weight excluding hydrogens is 466 g/mol. The van der Waals surface area contributed by atoms with Crippen LogP contribution in [0.3, 0.4) is 0 Å². The van der Waals surface area contributed by atoms with Crippen LogP contribution in [-0.2, 0) is 4.79 Å². The lowest BCUT2D eigenvalue weighted by molar-refractivity contribution is -0.151. The summed E-state index contributed by atoms with van der Waals surface area (Å²) in [5.41, 5.74) is 1.97. The van der Waals surface area contributed by atoms with Crippen molar-refractivity contribution >= 4 is 22.6 Å². The lowest BCUT2D eigenvalue weighted by atomic mass is 10.0. The summed E-state index contributed by atoms with van der Waals surface area (Å²) in [7, 11) is 0. The van der Waals surface area contributed by atoms with Crippen LogP contribution >= 0.6 is 0 Å². The van der Waals surface area contributed by atoms with E-state index in [1.165, 1.54) is 13.8 Å². The molecule has 0 saturated carbocycles. The van der Waals surface area contributed by atoms with Crippen LogP contribution in [0.5, 0.6) is 0 Å². The fourth-order valence-electron chi connectivity index (χ4n) is 5.00. The van der Waals surface area contributed by atoms with E-state index in [-0.39, 0.29) is 18.0 Å². The zero-order chi connectivity index (χ0) is 26.3. The van der Waals surface area contributed by atoms with Gasteiger partial charge in [-0.1, -0.05) is 0 Å². The Labute approximate surface area is 215 Å². The summed E-state index contributed by atoms with van der Waals surface area (Å²) in [6.07, 6.45) is 8.96. The van der Waals surface area contributed by atoms with Gasteiger partial charge in [0.25, 0.3) is 5.91 Å². The van der Waals surface area contributed by atoms with E-state index >= 15 is 0 Å². The monoisotopic (exact) mass is 495 g/mol. The van der Waals surface area contributed by atoms with Gasteiger partial charge in [0, 0.05) is 61.7 Å². The van der Waals surface area contributed by atoms with Crippen molar-refractivity contribution < 1.29 is 9.90 Å². The highest BCUT2D eigenvalue weighted by Crippen LogP contribution is 2.39. The molecule has 0 bridgehead atoms. The molecule has 9 heteroatoms. The molecule has 2 atom stereocenters. The third kappa shape index (κ3) is 4.41. The van der Waals surface area contributed by atoms with E-state index in [1.807, 2.05) is 35.9 Å². The normalized spacial score (nSPS) is 18.2. The number of nitriles is 1. The number of aromatic nitrogens is 4. The molecule has 5 rings (SSSR count). The number of fused-ring (bicyclic) bond motifs is 1. The lowest BCUT2D eigenvalue weighted by Gasteiger charge is -2.46. The van der Waals surface area contributed by atoms with Crippen LogP contribution in [0.15, 0.2) is 61.3 Å². The van der Waals surface area contributed by atoms with Crippen molar-refractivity contribution in [3.8, 4) is 23.0 Å². The van der Waals surface area contributed by atoms with E-state index in [4.69, 9.17) is 4.98 Å². The first-order valence-corrected chi connectivity index (χ1v) is 12.3. The van der Waals surface area contributed by atoms with Gasteiger partial charge in [0.2, 0.25) is 0 Å². The summed E-state index contributed by atoms with van der Waals surface area (Å²) < 4.78 is 1.99. The Balaban J connectivity index is 1.66. The molecule has 37 heavy (non-hydrogen) atoms. The van der Waals surface area contributed by atoms with Crippen molar-refractivity contribution in [1.82, 2.24) is 24.4 Å². The third-order valence-corrected chi connectivity index (χ3v) is 6.85. The molecule has 0 radical (unpaired) electrons. The highest BCUT2D eigenvalue weighted by molar-refractivity contribution is 6.04. The van der Waals surface area contributed by atoms with Crippen LogP contribution in [0.4, 0.5) is 5.82 Å². The average molecular weight is 496 g/mol. The van der Waals surface area contributed by atoms with E-state index in [9.17, 15) is 15.2 Å². The van der Waals surface area contributed by atoms with Crippen molar-refractivity contribution in [3.05, 3.63) is 66.9 Å². The van der Waals surface area contributed by atoms with Gasteiger partial charge in [-0.05, 0) is 63.6 Å². The first-order chi connectivity index (χ1) is 17.7. The summed E-state index contributed by atoms with van der Waals surface area (Å²) in [4.78, 5) is 30.4. The maximum atomic E-state index is 12.9. The fourth-order valence-corrected chi connectivity index (χ4v) is 5.00. The summed E-state index contributed by atoms with van der Waals surface area (Å²) in [6, 6.07) is 11.4. The van der Waals surface area contributed by atoms with E-state index in [2.05, 4.69) is 27.9 Å². The van der Waals surface area contributed by atoms with Gasteiger partial charge in [-0.15, -0.1) is 0 Å². The highest BCUT2D eigenvalue weighted by Gasteiger charge is 2.38. The minimum absolute atomic E-state index is 0.0331. The van der Waals surface area contributed by atoms with Crippen molar-refractivity contribution in [2.45, 2.75) is 45.4 Å². The average Bonchev–Trinajstić information content (AvgIpc) is 3.29. The van der Waals surface area contributed by atoms with Crippen molar-refractivity contribution in [1.29, 1.82) is 5.26 Å². The zero-order valence-corrected chi connectivity index (χ0v) is 21.3. The Morgan fingerprint density at radius 3 is 2.49 bits per heavy atom. The largest absolute Gasteiger partial charge is 0.381 e. The Morgan fingerprint density at radius 2 is 1.78 bits per heavy atom. The van der Waals surface area contributed by atoms with E-state index in [1.54, 1.807) is 41.8 Å². The molecule has 5 heterocycles. The number of nitrogens with zero attached hydrogens (tertiary/aromatic N) is 7. The highest BCUT2D eigenvalue weighted by atomic mass is 16.3. The third-order valence-electron chi connectivity index (χ3n) is 6.85. The predicted octanol–water partition coefficient (Wildman–Crippen LogP) is 3.55. The smallest absolute Gasteiger partial charge is 0.254 e. The molecule has 1 aliphatic rings. The maximum Gasteiger partial charge on any atom is 0.254 e. The second-order valence-corrected chi connectivity index (χ2v) is 10.1. The number of rotatable bonds is 4. The van der Waals surface area contributed by atoms with E-state index in [0.717, 1.165) is 27.8 Å². The van der Waals surface area contributed by atoms with Crippen LogP contribution < -0.4 is 4.90 Å². The molecule has 4 aromatic rings. The molecule has 4 aromatic heterocycles. The minimum atomic E-state index is -1.43. The van der Waals surface area contributed by atoms with Gasteiger partial charge in [-0.25, -0.2) is 9.97 Å². The van der Waals surface area contributed by atoms with Crippen LogP contribution in [-0.4, -0.2) is 66.2 Å². The van der Waals surface area contributed by atoms with Gasteiger partial charge >= 0.3 is 0 Å². The number of anilines is 1. The minimum Gasteiger partial charge on any atom is -0.381 e. The molecule has 0 aliphatic carbocycles. The number of piperazine rings is 1. The molecule has 0 spiro atoms. The first kappa shape index (κ1) is 24.4. The van der Waals surface area contributed by atoms with Crippen LogP contribution in [0.2, 0.25) is 0 Å². The molecule has 1 aliphatic heterocycles. The summed E-state index contributed by atoms with van der Waals surface area (Å²) in [5.74, 6) is 1.18. The Bertz CT molecular complexity index is 1500. The van der Waals surface area contributed by atoms with E-state index < -0.39 is 5.60 Å². The van der Waals surface area contributed by atoms with Crippen LogP contribution in [0, 0.1) is 11.3 Å². The van der Waals surface area contributed by atoms with Crippen LogP contribution in [0.25, 0.3) is 27.8 Å². The molecule has 1 fully saturated rings. The van der Waals surface area contributed by atoms with Gasteiger partial charge < -0.3 is 19.5 Å². The number of aliphatic hydroxyl groups is 1. The Morgan fingerprint density at radius 1 is 1.05 bits per heavy atom. The molecule has 9 nitrogen and oxygen atoms in total.